The van der Waals surface area contributed by atoms with Crippen molar-refractivity contribution in [3.8, 4) is 11.1 Å². The zero-order valence-corrected chi connectivity index (χ0v) is 21.8. The van der Waals surface area contributed by atoms with E-state index in [0.717, 1.165) is 48.9 Å². The first kappa shape index (κ1) is 24.7. The molecule has 2 atom stereocenters. The summed E-state index contributed by atoms with van der Waals surface area (Å²) < 4.78 is 26.0. The average Bonchev–Trinajstić information content (AvgIpc) is 2.87. The van der Waals surface area contributed by atoms with Crippen molar-refractivity contribution in [3.05, 3.63) is 54.6 Å². The Labute approximate surface area is 219 Å². The zero-order valence-electron chi connectivity index (χ0n) is 21.0. The number of rotatable bonds is 6. The number of anilines is 1. The van der Waals surface area contributed by atoms with E-state index >= 15 is 0 Å². The largest absolute Gasteiger partial charge is 0.369 e. The van der Waals surface area contributed by atoms with Crippen LogP contribution in [0.15, 0.2) is 54.6 Å². The van der Waals surface area contributed by atoms with E-state index in [4.69, 9.17) is 5.73 Å². The highest BCUT2D eigenvalue weighted by Gasteiger charge is 2.58. The van der Waals surface area contributed by atoms with Gasteiger partial charge in [0, 0.05) is 30.1 Å². The van der Waals surface area contributed by atoms with Crippen LogP contribution in [0.1, 0.15) is 38.5 Å². The van der Waals surface area contributed by atoms with Crippen LogP contribution < -0.4 is 15.4 Å². The summed E-state index contributed by atoms with van der Waals surface area (Å²) in [5.41, 5.74) is 8.08. The Morgan fingerprint density at radius 3 is 2.35 bits per heavy atom. The smallest absolute Gasteiger partial charge is 0.236 e. The summed E-state index contributed by atoms with van der Waals surface area (Å²) in [5, 5.41) is 3.23. The molecule has 4 saturated carbocycles. The molecule has 7 rings (SSSR count). The van der Waals surface area contributed by atoms with Crippen LogP contribution in [0, 0.1) is 23.2 Å². The van der Waals surface area contributed by atoms with Gasteiger partial charge in [-0.25, -0.2) is 0 Å². The molecule has 4 aliphatic carbocycles. The van der Waals surface area contributed by atoms with Crippen LogP contribution >= 0.6 is 11.0 Å². The lowest BCUT2D eigenvalue weighted by Crippen LogP contribution is -2.62. The van der Waals surface area contributed by atoms with Crippen molar-refractivity contribution in [1.29, 1.82) is 0 Å². The first-order valence-electron chi connectivity index (χ1n) is 13.3. The highest BCUT2D eigenvalue weighted by molar-refractivity contribution is 8.23. The molecule has 198 valence electrons. The Morgan fingerprint density at radius 2 is 1.65 bits per heavy atom. The van der Waals surface area contributed by atoms with E-state index in [-0.39, 0.29) is 36.2 Å². The number of benzene rings is 2. The molecule has 0 radical (unpaired) electrons. The Morgan fingerprint density at radius 1 is 0.973 bits per heavy atom. The number of hydrogen-bond donors (Lipinski definition) is 4. The van der Waals surface area contributed by atoms with Gasteiger partial charge in [-0.05, 0) is 78.9 Å². The Kier molecular flexibility index (Phi) is 6.22. The topological polar surface area (TPSA) is 119 Å². The molecule has 5 aliphatic rings. The fraction of sp³-hybridized carbons (Fsp3) is 0.500. The predicted octanol–water partition coefficient (Wildman–Crippen LogP) is 4.24. The lowest BCUT2D eigenvalue weighted by Gasteiger charge is -2.59. The third-order valence-electron chi connectivity index (χ3n) is 9.11. The minimum Gasteiger partial charge on any atom is -0.369 e. The molecule has 1 aliphatic heterocycles. The normalized spacial score (nSPS) is 33.2. The van der Waals surface area contributed by atoms with Crippen LogP contribution in [0.25, 0.3) is 11.1 Å². The fourth-order valence-electron chi connectivity index (χ4n) is 7.70. The van der Waals surface area contributed by atoms with Crippen LogP contribution in [0.3, 0.4) is 0 Å². The average molecular weight is 525 g/mol. The lowest BCUT2D eigenvalue weighted by molar-refractivity contribution is -0.147. The molecule has 2 amide bonds. The molecule has 5 fully saturated rings. The fourth-order valence-corrected chi connectivity index (χ4v) is 9.44. The van der Waals surface area contributed by atoms with E-state index in [2.05, 4.69) is 5.32 Å². The monoisotopic (exact) mass is 524 g/mol. The van der Waals surface area contributed by atoms with Crippen molar-refractivity contribution < 1.29 is 18.7 Å². The number of carbonyl (C=O) groups excluding carboxylic acids is 2. The summed E-state index contributed by atoms with van der Waals surface area (Å²) in [7, 11) is -3.38. The summed E-state index contributed by atoms with van der Waals surface area (Å²) in [6.07, 6.45) is 5.17. The minimum atomic E-state index is -3.38. The number of carbonyl (C=O) groups is 2. The summed E-state index contributed by atoms with van der Waals surface area (Å²) in [5.74, 6) is 0.668. The zero-order chi connectivity index (χ0) is 25.8. The molecule has 8 nitrogen and oxygen atoms in total. The number of hydrogen-bond acceptors (Lipinski definition) is 6. The van der Waals surface area contributed by atoms with Crippen LogP contribution in [-0.2, 0) is 9.59 Å². The number of nitrogens with one attached hydrogen (secondary N) is 1. The van der Waals surface area contributed by atoms with Crippen molar-refractivity contribution in [2.24, 2.45) is 28.9 Å². The molecular formula is C28H36N4O4S. The maximum absolute atomic E-state index is 13.3. The van der Waals surface area contributed by atoms with Gasteiger partial charge in [-0.15, -0.1) is 0 Å². The second-order valence-electron chi connectivity index (χ2n) is 11.4. The van der Waals surface area contributed by atoms with Crippen LogP contribution in [0.2, 0.25) is 0 Å². The molecule has 4 bridgehead atoms. The van der Waals surface area contributed by atoms with Crippen LogP contribution in [0.4, 0.5) is 5.69 Å². The first-order chi connectivity index (χ1) is 17.8. The summed E-state index contributed by atoms with van der Waals surface area (Å²) in [6, 6.07) is 17.7. The van der Waals surface area contributed by atoms with Gasteiger partial charge in [-0.2, -0.15) is 4.31 Å². The summed E-state index contributed by atoms with van der Waals surface area (Å²) >= 11 is 0. The highest BCUT2D eigenvalue weighted by atomic mass is 32.3. The minimum absolute atomic E-state index is 0.0259. The lowest BCUT2D eigenvalue weighted by atomic mass is 9.47. The van der Waals surface area contributed by atoms with Gasteiger partial charge in [0.05, 0.1) is 12.2 Å². The van der Waals surface area contributed by atoms with Crippen molar-refractivity contribution in [2.75, 3.05) is 23.9 Å². The van der Waals surface area contributed by atoms with Gasteiger partial charge in [0.25, 0.3) is 0 Å². The molecule has 2 aromatic carbocycles. The van der Waals surface area contributed by atoms with Gasteiger partial charge in [0.1, 0.15) is 0 Å². The molecule has 5 N–H and O–H groups in total. The molecule has 37 heavy (non-hydrogen) atoms. The van der Waals surface area contributed by atoms with Gasteiger partial charge < -0.3 is 11.1 Å². The van der Waals surface area contributed by atoms with Gasteiger partial charge in [0.15, 0.2) is 0 Å². The molecular weight excluding hydrogens is 488 g/mol. The van der Waals surface area contributed by atoms with Crippen LogP contribution in [0.5, 0.6) is 0 Å². The van der Waals surface area contributed by atoms with E-state index in [1.54, 1.807) is 4.31 Å². The number of para-hydroxylation sites is 1. The van der Waals surface area contributed by atoms with Gasteiger partial charge in [-0.1, -0.05) is 48.5 Å². The maximum atomic E-state index is 13.3. The van der Waals surface area contributed by atoms with Crippen molar-refractivity contribution >= 4 is 28.5 Å². The van der Waals surface area contributed by atoms with E-state index < -0.39 is 16.4 Å². The number of nitrogens with zero attached hydrogens (tertiary/aromatic N) is 2. The SMILES string of the molecule is NC(=O)C12CC3CC(C1)C(NC(=O)CN1CCCN(c4ccccc4-c4ccccc4)S1(O)O)C(C3)C2. The first-order valence-corrected chi connectivity index (χ1v) is 14.8. The standard InChI is InChI=1S/C28H36N4O4S/c29-27(34)28-15-19-13-21(16-28)26(22(14-19)17-28)30-25(33)18-31-11-6-12-32(37(31,35)36)24-10-5-4-9-23(24)20-7-2-1-3-8-20/h1-5,7-10,19,21-22,26,35-36H,6,11-18H2,(H2,29,34)(H,30,33). The quantitative estimate of drug-likeness (QED) is 0.449. The van der Waals surface area contributed by atoms with Gasteiger partial charge >= 0.3 is 0 Å². The van der Waals surface area contributed by atoms with E-state index in [1.807, 2.05) is 54.6 Å². The summed E-state index contributed by atoms with van der Waals surface area (Å²) in [6.45, 7) is 0.852. The van der Waals surface area contributed by atoms with Crippen LogP contribution in [-0.4, -0.2) is 50.9 Å². The molecule has 1 saturated heterocycles. The third kappa shape index (κ3) is 4.31. The molecule has 0 spiro atoms. The third-order valence-corrected chi connectivity index (χ3v) is 11.1. The van der Waals surface area contributed by atoms with Crippen molar-refractivity contribution in [3.63, 3.8) is 0 Å². The predicted molar refractivity (Wildman–Crippen MR) is 145 cm³/mol. The van der Waals surface area contributed by atoms with Gasteiger partial charge in [-0.3, -0.25) is 23.0 Å². The Hall–Kier alpha value is -2.59. The summed E-state index contributed by atoms with van der Waals surface area (Å²) in [4.78, 5) is 25.5. The second kappa shape index (κ2) is 9.31. The molecule has 2 unspecified atom stereocenters. The van der Waals surface area contributed by atoms with Crippen molar-refractivity contribution in [1.82, 2.24) is 9.62 Å². The number of amides is 2. The van der Waals surface area contributed by atoms with E-state index in [9.17, 15) is 18.7 Å². The Balaban J connectivity index is 1.17. The highest BCUT2D eigenvalue weighted by Crippen LogP contribution is 2.60. The molecule has 2 aromatic rings. The number of nitrogens with two attached hydrogens (primary N) is 1. The number of primary amides is 1. The Bertz CT molecular complexity index is 1180. The molecule has 0 aromatic heterocycles. The second-order valence-corrected chi connectivity index (χ2v) is 13.3. The van der Waals surface area contributed by atoms with E-state index in [0.29, 0.717) is 25.4 Å². The maximum Gasteiger partial charge on any atom is 0.236 e. The molecule has 1 heterocycles. The van der Waals surface area contributed by atoms with E-state index in [1.165, 1.54) is 4.31 Å². The van der Waals surface area contributed by atoms with Gasteiger partial charge in [0.2, 0.25) is 11.8 Å². The van der Waals surface area contributed by atoms with Crippen molar-refractivity contribution in [2.45, 2.75) is 44.6 Å². The molecule has 9 heteroatoms.